The number of Topliss-reactive ketones (excluding diaryl/α,β-unsaturated/α-hetero) is 1. The van der Waals surface area contributed by atoms with Gasteiger partial charge in [0.1, 0.15) is 5.82 Å². The Labute approximate surface area is 135 Å². The third-order valence-electron chi connectivity index (χ3n) is 2.98. The molecule has 0 unspecified atom stereocenters. The van der Waals surface area contributed by atoms with Crippen molar-refractivity contribution in [1.29, 1.82) is 0 Å². The lowest BCUT2D eigenvalue weighted by atomic mass is 10.1. The van der Waals surface area contributed by atoms with Gasteiger partial charge in [0.2, 0.25) is 0 Å². The van der Waals surface area contributed by atoms with Crippen molar-refractivity contribution in [2.75, 3.05) is 10.6 Å². The first-order chi connectivity index (χ1) is 10.9. The van der Waals surface area contributed by atoms with Crippen LogP contribution in [-0.2, 0) is 0 Å². The molecule has 0 atom stereocenters. The fraction of sp³-hybridized carbons (Fsp3) is 0.235. The largest absolute Gasteiger partial charge is 0.354 e. The normalized spacial score (nSPS) is 10.3. The fourth-order valence-electron chi connectivity index (χ4n) is 1.94. The lowest BCUT2D eigenvalue weighted by molar-refractivity contribution is 0.101. The Morgan fingerprint density at radius 2 is 1.87 bits per heavy atom. The van der Waals surface area contributed by atoms with E-state index >= 15 is 0 Å². The first-order valence-corrected chi connectivity index (χ1v) is 7.35. The number of urea groups is 1. The smallest absolute Gasteiger partial charge is 0.320 e. The second-order valence-electron chi connectivity index (χ2n) is 5.45. The Morgan fingerprint density at radius 3 is 2.48 bits per heavy atom. The number of ketones is 1. The Kier molecular flexibility index (Phi) is 5.30. The van der Waals surface area contributed by atoms with E-state index in [0.717, 1.165) is 11.4 Å². The van der Waals surface area contributed by atoms with E-state index in [-0.39, 0.29) is 17.9 Å². The standard InChI is InChI=1S/C17H20N4O2/c1-11(2)19-17(23)21-16-8-7-15(10-18-16)20-14-6-4-5-13(9-14)12(3)22/h4-11,20H,1-3H3,(H2,18,19,21,23). The van der Waals surface area contributed by atoms with Gasteiger partial charge in [0, 0.05) is 17.3 Å². The van der Waals surface area contributed by atoms with Crippen LogP contribution in [-0.4, -0.2) is 22.8 Å². The average Bonchev–Trinajstić information content (AvgIpc) is 2.48. The number of amides is 2. The molecule has 0 aliphatic rings. The van der Waals surface area contributed by atoms with Crippen molar-refractivity contribution < 1.29 is 9.59 Å². The number of pyridine rings is 1. The average molecular weight is 312 g/mol. The number of rotatable bonds is 5. The summed E-state index contributed by atoms with van der Waals surface area (Å²) in [5.41, 5.74) is 2.21. The molecule has 0 spiro atoms. The van der Waals surface area contributed by atoms with Crippen LogP contribution in [0.5, 0.6) is 0 Å². The predicted molar refractivity (Wildman–Crippen MR) is 91.3 cm³/mol. The van der Waals surface area contributed by atoms with Gasteiger partial charge in [0.05, 0.1) is 11.9 Å². The maximum atomic E-state index is 11.6. The Balaban J connectivity index is 2.01. The molecule has 6 nitrogen and oxygen atoms in total. The van der Waals surface area contributed by atoms with Gasteiger partial charge in [-0.2, -0.15) is 0 Å². The summed E-state index contributed by atoms with van der Waals surface area (Å²) in [5.74, 6) is 0.480. The molecule has 2 amide bonds. The highest BCUT2D eigenvalue weighted by Crippen LogP contribution is 2.18. The molecule has 3 N–H and O–H groups in total. The van der Waals surface area contributed by atoms with Crippen LogP contribution in [0.2, 0.25) is 0 Å². The molecule has 1 aromatic heterocycles. The molecule has 0 fully saturated rings. The third-order valence-corrected chi connectivity index (χ3v) is 2.98. The van der Waals surface area contributed by atoms with Crippen molar-refractivity contribution in [2.24, 2.45) is 0 Å². The van der Waals surface area contributed by atoms with Gasteiger partial charge in [0.15, 0.2) is 5.78 Å². The Hall–Kier alpha value is -2.89. The van der Waals surface area contributed by atoms with E-state index in [9.17, 15) is 9.59 Å². The minimum atomic E-state index is -0.289. The number of anilines is 3. The van der Waals surface area contributed by atoms with Crippen molar-refractivity contribution in [3.8, 4) is 0 Å². The van der Waals surface area contributed by atoms with Gasteiger partial charge in [-0.1, -0.05) is 12.1 Å². The molecule has 0 aliphatic carbocycles. The molecule has 1 aromatic carbocycles. The minimum absolute atomic E-state index is 0.0162. The second kappa shape index (κ2) is 7.40. The summed E-state index contributed by atoms with van der Waals surface area (Å²) in [4.78, 5) is 27.2. The van der Waals surface area contributed by atoms with Crippen LogP contribution in [0.3, 0.4) is 0 Å². The molecule has 6 heteroatoms. The topological polar surface area (TPSA) is 83.1 Å². The van der Waals surface area contributed by atoms with Crippen LogP contribution in [0.25, 0.3) is 0 Å². The van der Waals surface area contributed by atoms with E-state index in [1.807, 2.05) is 26.0 Å². The second-order valence-corrected chi connectivity index (χ2v) is 5.45. The Morgan fingerprint density at radius 1 is 1.09 bits per heavy atom. The number of nitrogens with one attached hydrogen (secondary N) is 3. The van der Waals surface area contributed by atoms with Crippen LogP contribution < -0.4 is 16.0 Å². The van der Waals surface area contributed by atoms with Crippen LogP contribution in [0, 0.1) is 0 Å². The lowest BCUT2D eigenvalue weighted by Gasteiger charge is -2.10. The van der Waals surface area contributed by atoms with Crippen molar-refractivity contribution in [3.63, 3.8) is 0 Å². The maximum absolute atomic E-state index is 11.6. The molecule has 0 bridgehead atoms. The van der Waals surface area contributed by atoms with E-state index in [2.05, 4.69) is 20.9 Å². The summed E-state index contributed by atoms with van der Waals surface area (Å²) >= 11 is 0. The molecule has 120 valence electrons. The van der Waals surface area contributed by atoms with Gasteiger partial charge in [-0.3, -0.25) is 10.1 Å². The molecule has 0 radical (unpaired) electrons. The van der Waals surface area contributed by atoms with Gasteiger partial charge in [-0.25, -0.2) is 9.78 Å². The predicted octanol–water partition coefficient (Wildman–Crippen LogP) is 3.56. The van der Waals surface area contributed by atoms with Crippen LogP contribution in [0.1, 0.15) is 31.1 Å². The van der Waals surface area contributed by atoms with Crippen molar-refractivity contribution >= 4 is 29.0 Å². The summed E-state index contributed by atoms with van der Waals surface area (Å²) in [6.07, 6.45) is 1.62. The van der Waals surface area contributed by atoms with Crippen molar-refractivity contribution in [3.05, 3.63) is 48.2 Å². The molecular formula is C17H20N4O2. The van der Waals surface area contributed by atoms with Crippen molar-refractivity contribution in [2.45, 2.75) is 26.8 Å². The summed E-state index contributed by atoms with van der Waals surface area (Å²) in [5, 5.41) is 8.55. The quantitative estimate of drug-likeness (QED) is 0.737. The highest BCUT2D eigenvalue weighted by Gasteiger charge is 2.05. The van der Waals surface area contributed by atoms with E-state index in [0.29, 0.717) is 11.4 Å². The van der Waals surface area contributed by atoms with Gasteiger partial charge in [-0.05, 0) is 45.0 Å². The first-order valence-electron chi connectivity index (χ1n) is 7.35. The molecule has 23 heavy (non-hydrogen) atoms. The van der Waals surface area contributed by atoms with E-state index in [4.69, 9.17) is 0 Å². The number of benzene rings is 1. The highest BCUT2D eigenvalue weighted by atomic mass is 16.2. The minimum Gasteiger partial charge on any atom is -0.354 e. The SMILES string of the molecule is CC(=O)c1cccc(Nc2ccc(NC(=O)NC(C)C)nc2)c1. The molecular weight excluding hydrogens is 292 g/mol. The zero-order valence-electron chi connectivity index (χ0n) is 13.4. The summed E-state index contributed by atoms with van der Waals surface area (Å²) < 4.78 is 0. The summed E-state index contributed by atoms with van der Waals surface area (Å²) in [6.45, 7) is 5.30. The van der Waals surface area contributed by atoms with E-state index in [1.165, 1.54) is 6.92 Å². The third kappa shape index (κ3) is 5.10. The van der Waals surface area contributed by atoms with E-state index in [1.54, 1.807) is 30.5 Å². The van der Waals surface area contributed by atoms with Gasteiger partial charge < -0.3 is 10.6 Å². The highest BCUT2D eigenvalue weighted by molar-refractivity contribution is 5.95. The molecule has 2 rings (SSSR count). The lowest BCUT2D eigenvalue weighted by Crippen LogP contribution is -2.34. The molecule has 2 aromatic rings. The number of carbonyl (C=O) groups excluding carboxylic acids is 2. The van der Waals surface area contributed by atoms with Crippen molar-refractivity contribution in [1.82, 2.24) is 10.3 Å². The molecule has 0 saturated carbocycles. The molecule has 1 heterocycles. The van der Waals surface area contributed by atoms with Gasteiger partial charge >= 0.3 is 6.03 Å². The van der Waals surface area contributed by atoms with Crippen LogP contribution in [0.15, 0.2) is 42.6 Å². The monoisotopic (exact) mass is 312 g/mol. The van der Waals surface area contributed by atoms with Gasteiger partial charge in [-0.15, -0.1) is 0 Å². The number of carbonyl (C=O) groups is 2. The zero-order chi connectivity index (χ0) is 16.8. The summed E-state index contributed by atoms with van der Waals surface area (Å²) in [7, 11) is 0. The van der Waals surface area contributed by atoms with Crippen LogP contribution >= 0.6 is 0 Å². The van der Waals surface area contributed by atoms with Crippen LogP contribution in [0.4, 0.5) is 22.0 Å². The summed E-state index contributed by atoms with van der Waals surface area (Å²) in [6, 6.07) is 10.5. The number of hydrogen-bond acceptors (Lipinski definition) is 4. The number of nitrogens with zero attached hydrogens (tertiary/aromatic N) is 1. The zero-order valence-corrected chi connectivity index (χ0v) is 13.4. The van der Waals surface area contributed by atoms with Gasteiger partial charge in [0.25, 0.3) is 0 Å². The Bertz CT molecular complexity index is 696. The van der Waals surface area contributed by atoms with E-state index < -0.39 is 0 Å². The first kappa shape index (κ1) is 16.5. The fourth-order valence-corrected chi connectivity index (χ4v) is 1.94. The molecule has 0 saturated heterocycles. The molecule has 0 aliphatic heterocycles. The maximum Gasteiger partial charge on any atom is 0.320 e. The number of hydrogen-bond donors (Lipinski definition) is 3. The number of aromatic nitrogens is 1.